The lowest BCUT2D eigenvalue weighted by Gasteiger charge is -2.21. The average Bonchev–Trinajstić information content (AvgIpc) is 2.93. The minimum atomic E-state index is -3.95. The molecule has 0 aromatic heterocycles. The number of carbonyl (C=O) groups is 1. The lowest BCUT2D eigenvalue weighted by atomic mass is 10.2. The summed E-state index contributed by atoms with van der Waals surface area (Å²) in [5, 5.41) is 4.05. The molecule has 38 heavy (non-hydrogen) atoms. The summed E-state index contributed by atoms with van der Waals surface area (Å²) in [5.41, 5.74) is 4.90. The summed E-state index contributed by atoms with van der Waals surface area (Å²) in [4.78, 5) is 12.9. The van der Waals surface area contributed by atoms with E-state index in [4.69, 9.17) is 4.74 Å². The van der Waals surface area contributed by atoms with Crippen molar-refractivity contribution in [1.29, 1.82) is 0 Å². The van der Waals surface area contributed by atoms with Crippen LogP contribution in [0.15, 0.2) is 124 Å². The van der Waals surface area contributed by atoms with Gasteiger partial charge < -0.3 is 4.74 Å². The van der Waals surface area contributed by atoms with Crippen LogP contribution in [0.3, 0.4) is 0 Å². The third-order valence-electron chi connectivity index (χ3n) is 5.52. The fourth-order valence-corrected chi connectivity index (χ4v) is 5.24. The van der Waals surface area contributed by atoms with Gasteiger partial charge in [-0.25, -0.2) is 13.8 Å². The molecule has 4 aromatic carbocycles. The van der Waals surface area contributed by atoms with Crippen LogP contribution in [0.2, 0.25) is 0 Å². The molecule has 0 heterocycles. The highest BCUT2D eigenvalue weighted by molar-refractivity contribution is 9.10. The molecule has 0 aliphatic carbocycles. The second kappa shape index (κ2) is 13.1. The smallest absolute Gasteiger partial charge is 0.255 e. The van der Waals surface area contributed by atoms with Crippen LogP contribution in [0.1, 0.15) is 16.7 Å². The number of hydrazone groups is 1. The molecule has 0 atom stereocenters. The Morgan fingerprint density at radius 1 is 0.842 bits per heavy atom. The number of benzene rings is 4. The van der Waals surface area contributed by atoms with Gasteiger partial charge in [0.05, 0.1) is 17.7 Å². The van der Waals surface area contributed by atoms with Gasteiger partial charge in [-0.05, 0) is 47.5 Å². The van der Waals surface area contributed by atoms with E-state index in [0.29, 0.717) is 17.9 Å². The minimum absolute atomic E-state index is 0.0343. The third kappa shape index (κ3) is 7.61. The molecule has 0 aliphatic rings. The molecule has 4 aromatic rings. The summed E-state index contributed by atoms with van der Waals surface area (Å²) >= 11 is 3.32. The van der Waals surface area contributed by atoms with Crippen molar-refractivity contribution in [3.05, 3.63) is 130 Å². The quantitative estimate of drug-likeness (QED) is 0.188. The molecule has 9 heteroatoms. The monoisotopic (exact) mass is 591 g/mol. The highest BCUT2D eigenvalue weighted by atomic mass is 79.9. The van der Waals surface area contributed by atoms with Gasteiger partial charge in [-0.3, -0.25) is 4.79 Å². The van der Waals surface area contributed by atoms with Crippen LogP contribution in [0.4, 0.5) is 0 Å². The number of sulfonamides is 1. The minimum Gasteiger partial charge on any atom is -0.488 e. The van der Waals surface area contributed by atoms with E-state index in [1.54, 1.807) is 12.1 Å². The number of ether oxygens (including phenoxy) is 1. The van der Waals surface area contributed by atoms with Crippen LogP contribution in [0.5, 0.6) is 5.75 Å². The lowest BCUT2D eigenvalue weighted by molar-refractivity contribution is -0.121. The number of hydrogen-bond donors (Lipinski definition) is 1. The van der Waals surface area contributed by atoms with Gasteiger partial charge in [-0.1, -0.05) is 88.7 Å². The standard InChI is InChI=1S/C29H26BrN3O4S/c30-26-15-17-27(18-16-26)38(35,36)33(20-23-9-3-1-4-10-23)21-29(34)32-31-19-25-13-7-8-14-28(25)37-22-24-11-5-2-6-12-24/h1-19H,20-22H2,(H,32,34). The summed E-state index contributed by atoms with van der Waals surface area (Å²) in [7, 11) is -3.95. The van der Waals surface area contributed by atoms with Crippen LogP contribution in [-0.2, 0) is 28.0 Å². The van der Waals surface area contributed by atoms with Crippen molar-refractivity contribution >= 4 is 38.1 Å². The summed E-state index contributed by atoms with van der Waals surface area (Å²) in [6.07, 6.45) is 1.48. The van der Waals surface area contributed by atoms with Gasteiger partial charge in [0.15, 0.2) is 0 Å². The topological polar surface area (TPSA) is 88.1 Å². The van der Waals surface area contributed by atoms with E-state index in [9.17, 15) is 13.2 Å². The number of rotatable bonds is 11. The molecule has 1 amide bonds. The van der Waals surface area contributed by atoms with Crippen LogP contribution in [0.25, 0.3) is 0 Å². The Morgan fingerprint density at radius 2 is 1.45 bits per heavy atom. The van der Waals surface area contributed by atoms with Crippen molar-refractivity contribution in [2.24, 2.45) is 5.10 Å². The predicted molar refractivity (Wildman–Crippen MR) is 151 cm³/mol. The largest absolute Gasteiger partial charge is 0.488 e. The molecule has 7 nitrogen and oxygen atoms in total. The van der Waals surface area contributed by atoms with Crippen LogP contribution in [-0.4, -0.2) is 31.4 Å². The Kier molecular flexibility index (Phi) is 9.42. The van der Waals surface area contributed by atoms with Gasteiger partial charge >= 0.3 is 0 Å². The second-order valence-corrected chi connectivity index (χ2v) is 11.2. The molecular formula is C29H26BrN3O4S. The van der Waals surface area contributed by atoms with Crippen molar-refractivity contribution in [3.63, 3.8) is 0 Å². The SMILES string of the molecule is O=C(CN(Cc1ccccc1)S(=O)(=O)c1ccc(Br)cc1)NN=Cc1ccccc1OCc1ccccc1. The first-order valence-corrected chi connectivity index (χ1v) is 14.0. The van der Waals surface area contributed by atoms with E-state index in [0.717, 1.165) is 19.9 Å². The highest BCUT2D eigenvalue weighted by Crippen LogP contribution is 2.21. The Morgan fingerprint density at radius 3 is 2.13 bits per heavy atom. The van der Waals surface area contributed by atoms with E-state index >= 15 is 0 Å². The van der Waals surface area contributed by atoms with E-state index in [1.165, 1.54) is 18.3 Å². The van der Waals surface area contributed by atoms with Crippen molar-refractivity contribution in [3.8, 4) is 5.75 Å². The first kappa shape index (κ1) is 27.3. The molecule has 0 bridgehead atoms. The number of nitrogens with one attached hydrogen (secondary N) is 1. The van der Waals surface area contributed by atoms with Gasteiger partial charge in [0.1, 0.15) is 12.4 Å². The lowest BCUT2D eigenvalue weighted by Crippen LogP contribution is -2.39. The first-order chi connectivity index (χ1) is 18.4. The fraction of sp³-hybridized carbons (Fsp3) is 0.103. The summed E-state index contributed by atoms with van der Waals surface area (Å²) < 4.78 is 34.6. The zero-order valence-electron chi connectivity index (χ0n) is 20.4. The number of amides is 1. The zero-order chi connectivity index (χ0) is 26.8. The molecule has 0 saturated heterocycles. The number of halogens is 1. The van der Waals surface area contributed by atoms with Gasteiger partial charge in [-0.2, -0.15) is 9.41 Å². The van der Waals surface area contributed by atoms with Crippen LogP contribution < -0.4 is 10.2 Å². The molecule has 0 fully saturated rings. The van der Waals surface area contributed by atoms with Crippen LogP contribution in [0, 0.1) is 0 Å². The molecule has 194 valence electrons. The fourth-order valence-electron chi connectivity index (χ4n) is 3.59. The van der Waals surface area contributed by atoms with E-state index in [-0.39, 0.29) is 11.4 Å². The first-order valence-electron chi connectivity index (χ1n) is 11.8. The maximum atomic E-state index is 13.4. The van der Waals surface area contributed by atoms with Gasteiger partial charge in [0, 0.05) is 16.6 Å². The van der Waals surface area contributed by atoms with Gasteiger partial charge in [0.2, 0.25) is 10.0 Å². The molecule has 4 rings (SSSR count). The molecule has 1 N–H and O–H groups in total. The highest BCUT2D eigenvalue weighted by Gasteiger charge is 2.27. The average molecular weight is 593 g/mol. The predicted octanol–water partition coefficient (Wildman–Crippen LogP) is 5.37. The maximum absolute atomic E-state index is 13.4. The Hall–Kier alpha value is -3.79. The van der Waals surface area contributed by atoms with Crippen molar-refractivity contribution in [2.45, 2.75) is 18.0 Å². The summed E-state index contributed by atoms with van der Waals surface area (Å²) in [5.74, 6) is 0.0402. The Balaban J connectivity index is 1.45. The normalized spacial score (nSPS) is 11.5. The molecule has 0 spiro atoms. The van der Waals surface area contributed by atoms with Crippen molar-refractivity contribution < 1.29 is 17.9 Å². The second-order valence-electron chi connectivity index (χ2n) is 8.32. The number of carbonyl (C=O) groups excluding carboxylic acids is 1. The Labute approximate surface area is 231 Å². The summed E-state index contributed by atoms with van der Waals surface area (Å²) in [6.45, 7) is 0.0176. The maximum Gasteiger partial charge on any atom is 0.255 e. The van der Waals surface area contributed by atoms with Crippen molar-refractivity contribution in [1.82, 2.24) is 9.73 Å². The summed E-state index contributed by atoms with van der Waals surface area (Å²) in [6, 6.07) is 32.5. The molecular weight excluding hydrogens is 566 g/mol. The van der Waals surface area contributed by atoms with Gasteiger partial charge in [-0.15, -0.1) is 0 Å². The number of nitrogens with zero attached hydrogens (tertiary/aromatic N) is 2. The van der Waals surface area contributed by atoms with E-state index in [2.05, 4.69) is 26.5 Å². The third-order valence-corrected chi connectivity index (χ3v) is 7.86. The van der Waals surface area contributed by atoms with E-state index < -0.39 is 22.5 Å². The number of para-hydroxylation sites is 1. The van der Waals surface area contributed by atoms with E-state index in [1.807, 2.05) is 84.9 Å². The molecule has 0 unspecified atom stereocenters. The Bertz CT molecular complexity index is 1480. The van der Waals surface area contributed by atoms with Crippen LogP contribution >= 0.6 is 15.9 Å². The van der Waals surface area contributed by atoms with Gasteiger partial charge in [0.25, 0.3) is 5.91 Å². The van der Waals surface area contributed by atoms with Crippen molar-refractivity contribution in [2.75, 3.05) is 6.54 Å². The molecule has 0 radical (unpaired) electrons. The molecule has 0 aliphatic heterocycles. The zero-order valence-corrected chi connectivity index (χ0v) is 22.8. The number of hydrogen-bond acceptors (Lipinski definition) is 5. The molecule has 0 saturated carbocycles.